The van der Waals surface area contributed by atoms with Crippen LogP contribution in [0.5, 0.6) is 0 Å². The van der Waals surface area contributed by atoms with E-state index in [9.17, 15) is 9.59 Å². The summed E-state index contributed by atoms with van der Waals surface area (Å²) in [5, 5.41) is 2.68. The number of ether oxygens (including phenoxy) is 1. The van der Waals surface area contributed by atoms with Crippen LogP contribution in [0.15, 0.2) is 0 Å². The van der Waals surface area contributed by atoms with E-state index in [0.717, 1.165) is 6.42 Å². The van der Waals surface area contributed by atoms with Gasteiger partial charge in [0.15, 0.2) is 0 Å². The monoisotopic (exact) mass is 214 g/mol. The van der Waals surface area contributed by atoms with E-state index in [1.165, 1.54) is 0 Å². The summed E-state index contributed by atoms with van der Waals surface area (Å²) >= 11 is 0. The Morgan fingerprint density at radius 1 is 1.53 bits per heavy atom. The van der Waals surface area contributed by atoms with Gasteiger partial charge in [-0.2, -0.15) is 0 Å². The zero-order chi connectivity index (χ0) is 11.1. The lowest BCUT2D eigenvalue weighted by molar-refractivity contribution is -0.139. The molecule has 0 aromatic carbocycles. The number of nitrogens with zero attached hydrogens (tertiary/aromatic N) is 1. The van der Waals surface area contributed by atoms with Gasteiger partial charge in [0, 0.05) is 19.7 Å². The molecule has 1 rings (SSSR count). The van der Waals surface area contributed by atoms with Gasteiger partial charge in [0.1, 0.15) is 0 Å². The van der Waals surface area contributed by atoms with Crippen LogP contribution in [0.3, 0.4) is 0 Å². The first-order valence-corrected chi connectivity index (χ1v) is 5.36. The third-order valence-electron chi connectivity index (χ3n) is 2.20. The van der Waals surface area contributed by atoms with Crippen molar-refractivity contribution in [3.63, 3.8) is 0 Å². The lowest BCUT2D eigenvalue weighted by Gasteiger charge is -2.26. The van der Waals surface area contributed by atoms with Crippen LogP contribution < -0.4 is 5.32 Å². The van der Waals surface area contributed by atoms with E-state index in [0.29, 0.717) is 32.7 Å². The molecule has 0 bridgehead atoms. The van der Waals surface area contributed by atoms with Gasteiger partial charge in [-0.15, -0.1) is 0 Å². The molecule has 5 nitrogen and oxygen atoms in total. The van der Waals surface area contributed by atoms with Gasteiger partial charge < -0.3 is 15.0 Å². The zero-order valence-corrected chi connectivity index (χ0v) is 9.12. The molecule has 1 N–H and O–H groups in total. The zero-order valence-electron chi connectivity index (χ0n) is 9.12. The molecule has 0 saturated carbocycles. The van der Waals surface area contributed by atoms with E-state index >= 15 is 0 Å². The molecular formula is C10H18N2O3. The molecule has 0 aliphatic carbocycles. The minimum absolute atomic E-state index is 0.000882. The van der Waals surface area contributed by atoms with Crippen LogP contribution in [-0.2, 0) is 14.3 Å². The second kappa shape index (κ2) is 6.40. The van der Waals surface area contributed by atoms with Gasteiger partial charge in [-0.25, -0.2) is 0 Å². The Kier molecular flexibility index (Phi) is 5.10. The predicted molar refractivity (Wildman–Crippen MR) is 55.3 cm³/mol. The Labute approximate surface area is 89.8 Å². The highest BCUT2D eigenvalue weighted by atomic mass is 16.5. The van der Waals surface area contributed by atoms with Crippen molar-refractivity contribution in [2.24, 2.45) is 0 Å². The largest absolute Gasteiger partial charge is 0.381 e. The fourth-order valence-electron chi connectivity index (χ4n) is 1.42. The van der Waals surface area contributed by atoms with Crippen LogP contribution in [0.25, 0.3) is 0 Å². The predicted octanol–water partition coefficient (Wildman–Crippen LogP) is -0.238. The molecule has 0 radical (unpaired) electrons. The van der Waals surface area contributed by atoms with Crippen molar-refractivity contribution in [1.29, 1.82) is 0 Å². The van der Waals surface area contributed by atoms with Gasteiger partial charge in [0.25, 0.3) is 0 Å². The molecular weight excluding hydrogens is 196 g/mol. The van der Waals surface area contributed by atoms with Crippen molar-refractivity contribution < 1.29 is 14.3 Å². The summed E-state index contributed by atoms with van der Waals surface area (Å²) < 4.78 is 5.22. The van der Waals surface area contributed by atoms with Gasteiger partial charge in [-0.05, 0) is 6.42 Å². The molecule has 1 saturated heterocycles. The van der Waals surface area contributed by atoms with E-state index in [1.54, 1.807) is 4.90 Å². The Morgan fingerprint density at radius 3 is 3.00 bits per heavy atom. The molecule has 86 valence electrons. The van der Waals surface area contributed by atoms with Gasteiger partial charge in [-0.3, -0.25) is 9.59 Å². The summed E-state index contributed by atoms with van der Waals surface area (Å²) in [6, 6.07) is 0. The average molecular weight is 214 g/mol. The number of carbonyl (C=O) groups is 2. The molecule has 0 spiro atoms. The highest BCUT2D eigenvalue weighted by Gasteiger charge is 2.20. The molecule has 0 aromatic rings. The van der Waals surface area contributed by atoms with E-state index in [-0.39, 0.29) is 18.4 Å². The van der Waals surface area contributed by atoms with Crippen LogP contribution >= 0.6 is 0 Å². The van der Waals surface area contributed by atoms with Crippen molar-refractivity contribution >= 4 is 11.8 Å². The average Bonchev–Trinajstić information content (AvgIpc) is 2.24. The van der Waals surface area contributed by atoms with Gasteiger partial charge in [0.05, 0.1) is 19.6 Å². The lowest BCUT2D eigenvalue weighted by atomic mass is 10.3. The Morgan fingerprint density at radius 2 is 2.33 bits per heavy atom. The van der Waals surface area contributed by atoms with Gasteiger partial charge >= 0.3 is 0 Å². The Hall–Kier alpha value is -1.10. The summed E-state index contributed by atoms with van der Waals surface area (Å²) in [5.74, 6) is -0.0787. The quantitative estimate of drug-likeness (QED) is 0.643. The van der Waals surface area contributed by atoms with Crippen LogP contribution in [0.1, 0.15) is 19.8 Å². The number of carbonyl (C=O) groups excluding carboxylic acids is 2. The number of hydrogen-bond donors (Lipinski definition) is 1. The van der Waals surface area contributed by atoms with Crippen LogP contribution in [0.4, 0.5) is 0 Å². The van der Waals surface area contributed by atoms with E-state index in [1.807, 2.05) is 6.92 Å². The van der Waals surface area contributed by atoms with Crippen LogP contribution in [0.2, 0.25) is 0 Å². The molecule has 0 atom stereocenters. The molecule has 0 unspecified atom stereocenters. The number of nitrogens with one attached hydrogen (secondary N) is 1. The molecule has 1 aliphatic heterocycles. The van der Waals surface area contributed by atoms with Gasteiger partial charge in [0.2, 0.25) is 11.8 Å². The smallest absolute Gasteiger partial charge is 0.239 e. The number of amides is 2. The van der Waals surface area contributed by atoms with E-state index in [4.69, 9.17) is 4.74 Å². The maximum Gasteiger partial charge on any atom is 0.239 e. The standard InChI is InChI=1S/C10H18N2O3/c1-2-6-15-7-3-10(14)12-5-4-11-9(13)8-12/h2-8H2,1H3,(H,11,13). The van der Waals surface area contributed by atoms with E-state index in [2.05, 4.69) is 5.32 Å². The van der Waals surface area contributed by atoms with Crippen molar-refractivity contribution in [2.75, 3.05) is 32.8 Å². The van der Waals surface area contributed by atoms with Crippen molar-refractivity contribution in [1.82, 2.24) is 10.2 Å². The fourth-order valence-corrected chi connectivity index (χ4v) is 1.42. The summed E-state index contributed by atoms with van der Waals surface area (Å²) in [4.78, 5) is 24.2. The highest BCUT2D eigenvalue weighted by Crippen LogP contribution is 1.98. The number of rotatable bonds is 5. The maximum atomic E-state index is 11.6. The summed E-state index contributed by atoms with van der Waals surface area (Å²) in [6.45, 7) is 4.51. The van der Waals surface area contributed by atoms with Gasteiger partial charge in [-0.1, -0.05) is 6.92 Å². The fraction of sp³-hybridized carbons (Fsp3) is 0.800. The second-order valence-corrected chi connectivity index (χ2v) is 3.53. The minimum atomic E-state index is -0.0796. The first-order chi connectivity index (χ1) is 7.24. The normalized spacial score (nSPS) is 16.3. The van der Waals surface area contributed by atoms with Crippen LogP contribution in [-0.4, -0.2) is 49.6 Å². The number of piperazine rings is 1. The first kappa shape index (κ1) is 12.0. The molecule has 2 amide bonds. The molecule has 1 heterocycles. The SMILES string of the molecule is CCCOCCC(=O)N1CCNC(=O)C1. The first-order valence-electron chi connectivity index (χ1n) is 5.36. The summed E-state index contributed by atoms with van der Waals surface area (Å²) in [5.41, 5.74) is 0. The topological polar surface area (TPSA) is 58.6 Å². The molecule has 5 heteroatoms. The van der Waals surface area contributed by atoms with Crippen LogP contribution in [0, 0.1) is 0 Å². The van der Waals surface area contributed by atoms with Crippen molar-refractivity contribution in [3.05, 3.63) is 0 Å². The third-order valence-corrected chi connectivity index (χ3v) is 2.20. The molecule has 1 aliphatic rings. The lowest BCUT2D eigenvalue weighted by Crippen LogP contribution is -2.50. The molecule has 0 aromatic heterocycles. The molecule has 15 heavy (non-hydrogen) atoms. The minimum Gasteiger partial charge on any atom is -0.381 e. The number of hydrogen-bond acceptors (Lipinski definition) is 3. The van der Waals surface area contributed by atoms with E-state index < -0.39 is 0 Å². The van der Waals surface area contributed by atoms with Crippen molar-refractivity contribution in [2.45, 2.75) is 19.8 Å². The van der Waals surface area contributed by atoms with Crippen molar-refractivity contribution in [3.8, 4) is 0 Å². The highest BCUT2D eigenvalue weighted by molar-refractivity contribution is 5.85. The maximum absolute atomic E-state index is 11.6. The Balaban J connectivity index is 2.18. The molecule has 1 fully saturated rings. The summed E-state index contributed by atoms with van der Waals surface area (Å²) in [7, 11) is 0. The Bertz CT molecular complexity index is 231. The second-order valence-electron chi connectivity index (χ2n) is 3.53. The summed E-state index contributed by atoms with van der Waals surface area (Å²) in [6.07, 6.45) is 1.33. The third kappa shape index (κ3) is 4.29.